The van der Waals surface area contributed by atoms with Gasteiger partial charge in [-0.05, 0) is 18.2 Å². The molecule has 15 heavy (non-hydrogen) atoms. The van der Waals surface area contributed by atoms with E-state index in [9.17, 15) is 4.79 Å². The highest BCUT2D eigenvalue weighted by Gasteiger charge is 2.16. The van der Waals surface area contributed by atoms with Gasteiger partial charge in [0.1, 0.15) is 0 Å². The van der Waals surface area contributed by atoms with Crippen LogP contribution >= 0.6 is 23.2 Å². The molecule has 2 rings (SSSR count). The lowest BCUT2D eigenvalue weighted by atomic mass is 10.1. The Morgan fingerprint density at radius 2 is 1.80 bits per heavy atom. The molecule has 0 spiro atoms. The summed E-state index contributed by atoms with van der Waals surface area (Å²) in [6, 6.07) is 6.68. The Balaban J connectivity index is 2.51. The van der Waals surface area contributed by atoms with Crippen molar-refractivity contribution in [1.82, 2.24) is 4.98 Å². The maximum absolute atomic E-state index is 12.0. The number of benzene rings is 1. The van der Waals surface area contributed by atoms with E-state index in [2.05, 4.69) is 4.98 Å². The Labute approximate surface area is 96.8 Å². The lowest BCUT2D eigenvalue weighted by molar-refractivity contribution is 0.103. The van der Waals surface area contributed by atoms with Crippen LogP contribution in [-0.2, 0) is 0 Å². The van der Waals surface area contributed by atoms with Gasteiger partial charge in [-0.3, -0.25) is 4.79 Å². The summed E-state index contributed by atoms with van der Waals surface area (Å²) >= 11 is 11.9. The Morgan fingerprint density at radius 3 is 2.33 bits per heavy atom. The fourth-order valence-electron chi connectivity index (χ4n) is 1.32. The van der Waals surface area contributed by atoms with E-state index < -0.39 is 0 Å². The van der Waals surface area contributed by atoms with Gasteiger partial charge < -0.3 is 4.98 Å². The number of carbonyl (C=O) groups excluding carboxylic acids is 1. The van der Waals surface area contributed by atoms with Crippen molar-refractivity contribution in [2.45, 2.75) is 0 Å². The lowest BCUT2D eigenvalue weighted by Gasteiger charge is -2.03. The number of ketones is 1. The summed E-state index contributed by atoms with van der Waals surface area (Å²) in [6.07, 6.45) is 3.29. The average Bonchev–Trinajstić information content (AvgIpc) is 2.69. The summed E-state index contributed by atoms with van der Waals surface area (Å²) in [7, 11) is 0. The molecule has 1 N–H and O–H groups in total. The molecule has 1 aromatic carbocycles. The quantitative estimate of drug-likeness (QED) is 0.800. The zero-order chi connectivity index (χ0) is 10.8. The van der Waals surface area contributed by atoms with Crippen molar-refractivity contribution in [3.05, 3.63) is 57.8 Å². The monoisotopic (exact) mass is 239 g/mol. The molecule has 0 aliphatic carbocycles. The molecule has 1 aromatic heterocycles. The number of aromatic amines is 1. The van der Waals surface area contributed by atoms with Crippen molar-refractivity contribution in [3.8, 4) is 0 Å². The van der Waals surface area contributed by atoms with E-state index in [4.69, 9.17) is 23.2 Å². The first kappa shape index (κ1) is 10.3. The number of nitrogens with one attached hydrogen (secondary N) is 1. The van der Waals surface area contributed by atoms with Crippen LogP contribution in [0.25, 0.3) is 0 Å². The number of H-pyrrole nitrogens is 1. The summed E-state index contributed by atoms with van der Waals surface area (Å²) in [4.78, 5) is 14.8. The molecule has 0 fully saturated rings. The second kappa shape index (κ2) is 4.09. The highest BCUT2D eigenvalue weighted by molar-refractivity contribution is 6.40. The van der Waals surface area contributed by atoms with Crippen molar-refractivity contribution in [3.63, 3.8) is 0 Å². The molecule has 0 aliphatic rings. The largest absolute Gasteiger partial charge is 0.367 e. The Hall–Kier alpha value is -1.25. The van der Waals surface area contributed by atoms with Crippen LogP contribution in [0.3, 0.4) is 0 Å². The van der Waals surface area contributed by atoms with E-state index in [1.807, 2.05) is 0 Å². The van der Waals surface area contributed by atoms with E-state index >= 15 is 0 Å². The predicted octanol–water partition coefficient (Wildman–Crippen LogP) is 3.55. The number of aromatic nitrogens is 1. The number of carbonyl (C=O) groups is 1. The van der Waals surface area contributed by atoms with Crippen molar-refractivity contribution in [2.24, 2.45) is 0 Å². The molecular formula is C11H7Cl2NO. The number of hydrogen-bond donors (Lipinski definition) is 1. The van der Waals surface area contributed by atoms with Gasteiger partial charge in [0.15, 0.2) is 5.78 Å². The van der Waals surface area contributed by atoms with Crippen molar-refractivity contribution < 1.29 is 4.79 Å². The third-order valence-corrected chi connectivity index (χ3v) is 2.68. The molecule has 1 heterocycles. The molecule has 2 aromatic rings. The van der Waals surface area contributed by atoms with E-state index in [1.54, 1.807) is 36.7 Å². The number of rotatable bonds is 2. The smallest absolute Gasteiger partial charge is 0.197 e. The van der Waals surface area contributed by atoms with Gasteiger partial charge in [-0.15, -0.1) is 0 Å². The molecule has 4 heteroatoms. The maximum Gasteiger partial charge on any atom is 0.197 e. The van der Waals surface area contributed by atoms with E-state index in [1.165, 1.54) is 0 Å². The van der Waals surface area contributed by atoms with Gasteiger partial charge in [-0.2, -0.15) is 0 Å². The summed E-state index contributed by atoms with van der Waals surface area (Å²) in [5.41, 5.74) is 0.894. The maximum atomic E-state index is 12.0. The molecular weight excluding hydrogens is 233 g/mol. The molecule has 0 unspecified atom stereocenters. The van der Waals surface area contributed by atoms with E-state index in [-0.39, 0.29) is 5.78 Å². The molecule has 0 saturated carbocycles. The highest BCUT2D eigenvalue weighted by atomic mass is 35.5. The number of hydrogen-bond acceptors (Lipinski definition) is 1. The number of halogens is 2. The van der Waals surface area contributed by atoms with Crippen LogP contribution < -0.4 is 0 Å². The third kappa shape index (κ3) is 1.91. The summed E-state index contributed by atoms with van der Waals surface area (Å²) in [5.74, 6) is -0.174. The second-order valence-corrected chi connectivity index (χ2v) is 3.84. The lowest BCUT2D eigenvalue weighted by Crippen LogP contribution is -2.01. The first-order valence-corrected chi connectivity index (χ1v) is 5.07. The van der Waals surface area contributed by atoms with Crippen molar-refractivity contribution in [1.29, 1.82) is 0 Å². The Morgan fingerprint density at radius 1 is 1.13 bits per heavy atom. The molecule has 2 nitrogen and oxygen atoms in total. The Bertz CT molecular complexity index is 471. The van der Waals surface area contributed by atoms with Crippen LogP contribution in [0.15, 0.2) is 36.7 Å². The Kier molecular flexibility index (Phi) is 2.80. The van der Waals surface area contributed by atoms with Gasteiger partial charge in [-0.25, -0.2) is 0 Å². The highest BCUT2D eigenvalue weighted by Crippen LogP contribution is 2.26. The summed E-state index contributed by atoms with van der Waals surface area (Å²) < 4.78 is 0. The van der Waals surface area contributed by atoms with Crippen LogP contribution in [0.5, 0.6) is 0 Å². The summed E-state index contributed by atoms with van der Waals surface area (Å²) in [5, 5.41) is 0.738. The minimum atomic E-state index is -0.174. The predicted molar refractivity (Wildman–Crippen MR) is 60.7 cm³/mol. The van der Waals surface area contributed by atoms with Gasteiger partial charge in [0.25, 0.3) is 0 Å². The average molecular weight is 240 g/mol. The third-order valence-electron chi connectivity index (χ3n) is 2.05. The normalized spacial score (nSPS) is 10.3. The van der Waals surface area contributed by atoms with Crippen LogP contribution in [0.1, 0.15) is 15.9 Å². The fraction of sp³-hybridized carbons (Fsp3) is 0. The van der Waals surface area contributed by atoms with Gasteiger partial charge in [-0.1, -0.05) is 29.3 Å². The van der Waals surface area contributed by atoms with Gasteiger partial charge in [0.2, 0.25) is 0 Å². The topological polar surface area (TPSA) is 32.9 Å². The van der Waals surface area contributed by atoms with Gasteiger partial charge in [0.05, 0.1) is 15.6 Å². The molecule has 0 radical (unpaired) electrons. The zero-order valence-electron chi connectivity index (χ0n) is 7.63. The van der Waals surface area contributed by atoms with Gasteiger partial charge in [0, 0.05) is 18.0 Å². The SMILES string of the molecule is O=C(c1cc[nH]c1)c1c(Cl)cccc1Cl. The van der Waals surface area contributed by atoms with E-state index in [0.717, 1.165) is 0 Å². The molecule has 0 aliphatic heterocycles. The van der Waals surface area contributed by atoms with Crippen molar-refractivity contribution in [2.75, 3.05) is 0 Å². The molecule has 0 bridgehead atoms. The fourth-order valence-corrected chi connectivity index (χ4v) is 1.89. The van der Waals surface area contributed by atoms with E-state index in [0.29, 0.717) is 21.2 Å². The molecule has 0 atom stereocenters. The molecule has 76 valence electrons. The van der Waals surface area contributed by atoms with Crippen LogP contribution in [0.2, 0.25) is 10.0 Å². The van der Waals surface area contributed by atoms with Crippen LogP contribution in [0, 0.1) is 0 Å². The van der Waals surface area contributed by atoms with Crippen molar-refractivity contribution >= 4 is 29.0 Å². The minimum Gasteiger partial charge on any atom is -0.367 e. The van der Waals surface area contributed by atoms with Gasteiger partial charge >= 0.3 is 0 Å². The second-order valence-electron chi connectivity index (χ2n) is 3.03. The molecule has 0 amide bonds. The zero-order valence-corrected chi connectivity index (χ0v) is 9.14. The first-order chi connectivity index (χ1) is 7.20. The first-order valence-electron chi connectivity index (χ1n) is 4.31. The van der Waals surface area contributed by atoms with Crippen LogP contribution in [0.4, 0.5) is 0 Å². The molecule has 0 saturated heterocycles. The summed E-state index contributed by atoms with van der Waals surface area (Å²) in [6.45, 7) is 0. The standard InChI is InChI=1S/C11H7Cl2NO/c12-8-2-1-3-9(13)10(8)11(15)7-4-5-14-6-7/h1-6,14H. The van der Waals surface area contributed by atoms with Crippen LogP contribution in [-0.4, -0.2) is 10.8 Å². The minimum absolute atomic E-state index is 0.174.